The van der Waals surface area contributed by atoms with E-state index < -0.39 is 5.97 Å². The molecular weight excluding hydrogens is 174 g/mol. The average Bonchev–Trinajstić information content (AvgIpc) is 2.04. The maximum Gasteiger partial charge on any atom is 0.306 e. The van der Waals surface area contributed by atoms with E-state index in [1.165, 1.54) is 0 Å². The summed E-state index contributed by atoms with van der Waals surface area (Å²) in [5.41, 5.74) is 5.31. The van der Waals surface area contributed by atoms with Crippen LogP contribution in [0.2, 0.25) is 0 Å². The lowest BCUT2D eigenvalue weighted by molar-refractivity contribution is -0.142. The van der Waals surface area contributed by atoms with Crippen molar-refractivity contribution < 1.29 is 9.90 Å². The number of carboxylic acid groups (broad SMARTS) is 1. The molecule has 0 saturated heterocycles. The lowest BCUT2D eigenvalue weighted by atomic mass is 10.0. The maximum absolute atomic E-state index is 10.7. The SMILES string of the molecule is CSCCC(CCCN)C(=O)O. The van der Waals surface area contributed by atoms with Crippen LogP contribution < -0.4 is 5.73 Å². The van der Waals surface area contributed by atoms with Gasteiger partial charge in [0.15, 0.2) is 0 Å². The van der Waals surface area contributed by atoms with Gasteiger partial charge in [-0.1, -0.05) is 0 Å². The number of carboxylic acids is 1. The molecule has 0 rings (SSSR count). The van der Waals surface area contributed by atoms with E-state index in [0.29, 0.717) is 13.0 Å². The molecule has 1 atom stereocenters. The molecule has 1 unspecified atom stereocenters. The Bertz CT molecular complexity index is 122. The molecular formula is C8H17NO2S. The third-order valence-corrected chi connectivity index (χ3v) is 2.42. The minimum absolute atomic E-state index is 0.194. The zero-order chi connectivity index (χ0) is 9.40. The summed E-state index contributed by atoms with van der Waals surface area (Å²) in [6.45, 7) is 0.586. The summed E-state index contributed by atoms with van der Waals surface area (Å²) < 4.78 is 0. The van der Waals surface area contributed by atoms with Crippen molar-refractivity contribution in [3.8, 4) is 0 Å². The largest absolute Gasteiger partial charge is 0.481 e. The van der Waals surface area contributed by atoms with E-state index in [9.17, 15) is 4.79 Å². The van der Waals surface area contributed by atoms with Crippen LogP contribution in [0.25, 0.3) is 0 Å². The number of hydrogen-bond donors (Lipinski definition) is 2. The van der Waals surface area contributed by atoms with Gasteiger partial charge in [0.05, 0.1) is 5.92 Å². The Balaban J connectivity index is 3.62. The highest BCUT2D eigenvalue weighted by Gasteiger charge is 2.15. The molecule has 0 saturated carbocycles. The van der Waals surface area contributed by atoms with Crippen molar-refractivity contribution in [2.75, 3.05) is 18.6 Å². The summed E-state index contributed by atoms with van der Waals surface area (Å²) >= 11 is 1.69. The molecule has 0 radical (unpaired) electrons. The van der Waals surface area contributed by atoms with E-state index >= 15 is 0 Å². The van der Waals surface area contributed by atoms with Crippen molar-refractivity contribution in [1.82, 2.24) is 0 Å². The average molecular weight is 191 g/mol. The minimum Gasteiger partial charge on any atom is -0.481 e. The van der Waals surface area contributed by atoms with Gasteiger partial charge in [0, 0.05) is 0 Å². The monoisotopic (exact) mass is 191 g/mol. The van der Waals surface area contributed by atoms with Gasteiger partial charge in [-0.05, 0) is 37.8 Å². The minimum atomic E-state index is -0.683. The van der Waals surface area contributed by atoms with E-state index in [-0.39, 0.29) is 5.92 Å². The lowest BCUT2D eigenvalue weighted by Gasteiger charge is -2.09. The number of nitrogens with two attached hydrogens (primary N) is 1. The molecule has 0 heterocycles. The molecule has 0 aromatic rings. The second-order valence-corrected chi connectivity index (χ2v) is 3.73. The number of rotatable bonds is 7. The lowest BCUT2D eigenvalue weighted by Crippen LogP contribution is -2.16. The van der Waals surface area contributed by atoms with E-state index in [4.69, 9.17) is 10.8 Å². The number of hydrogen-bond acceptors (Lipinski definition) is 3. The van der Waals surface area contributed by atoms with Gasteiger partial charge < -0.3 is 10.8 Å². The first kappa shape index (κ1) is 11.8. The smallest absolute Gasteiger partial charge is 0.306 e. The predicted molar refractivity (Wildman–Crippen MR) is 52.4 cm³/mol. The molecule has 3 N–H and O–H groups in total. The standard InChI is InChI=1S/C8H17NO2S/c1-12-6-4-7(8(10)11)3-2-5-9/h7H,2-6,9H2,1H3,(H,10,11). The van der Waals surface area contributed by atoms with Crippen molar-refractivity contribution in [3.63, 3.8) is 0 Å². The Morgan fingerprint density at radius 1 is 1.58 bits per heavy atom. The fraction of sp³-hybridized carbons (Fsp3) is 0.875. The Hall–Kier alpha value is -0.220. The van der Waals surface area contributed by atoms with Crippen LogP contribution >= 0.6 is 11.8 Å². The summed E-state index contributed by atoms with van der Waals surface area (Å²) in [7, 11) is 0. The Morgan fingerprint density at radius 3 is 2.67 bits per heavy atom. The fourth-order valence-corrected chi connectivity index (χ4v) is 1.54. The highest BCUT2D eigenvalue weighted by Crippen LogP contribution is 2.13. The summed E-state index contributed by atoms with van der Waals surface area (Å²) in [5.74, 6) is 0.0418. The summed E-state index contributed by atoms with van der Waals surface area (Å²) in [6.07, 6.45) is 4.27. The summed E-state index contributed by atoms with van der Waals surface area (Å²) in [6, 6.07) is 0. The van der Waals surface area contributed by atoms with Crippen LogP contribution in [0.4, 0.5) is 0 Å². The molecule has 12 heavy (non-hydrogen) atoms. The van der Waals surface area contributed by atoms with Crippen molar-refractivity contribution in [2.24, 2.45) is 11.7 Å². The van der Waals surface area contributed by atoms with Crippen LogP contribution in [0.5, 0.6) is 0 Å². The first-order chi connectivity index (χ1) is 5.72. The van der Waals surface area contributed by atoms with Crippen molar-refractivity contribution in [1.29, 1.82) is 0 Å². The first-order valence-corrected chi connectivity index (χ1v) is 5.53. The molecule has 0 aliphatic heterocycles. The zero-order valence-electron chi connectivity index (χ0n) is 7.45. The number of aliphatic carboxylic acids is 1. The Morgan fingerprint density at radius 2 is 2.25 bits per heavy atom. The van der Waals surface area contributed by atoms with Crippen LogP contribution in [0.15, 0.2) is 0 Å². The van der Waals surface area contributed by atoms with Gasteiger partial charge >= 0.3 is 5.97 Å². The molecule has 0 amide bonds. The Labute approximate surface area is 77.7 Å². The van der Waals surface area contributed by atoms with Gasteiger partial charge in [0.1, 0.15) is 0 Å². The second kappa shape index (κ2) is 7.43. The Kier molecular flexibility index (Phi) is 7.29. The van der Waals surface area contributed by atoms with E-state index in [2.05, 4.69) is 0 Å². The molecule has 72 valence electrons. The summed E-state index contributed by atoms with van der Waals surface area (Å²) in [4.78, 5) is 10.7. The van der Waals surface area contributed by atoms with Crippen LogP contribution in [0.1, 0.15) is 19.3 Å². The van der Waals surface area contributed by atoms with E-state index in [1.807, 2.05) is 6.26 Å². The van der Waals surface area contributed by atoms with Crippen molar-refractivity contribution >= 4 is 17.7 Å². The predicted octanol–water partition coefficient (Wildman–Crippen LogP) is 1.18. The van der Waals surface area contributed by atoms with Gasteiger partial charge in [-0.2, -0.15) is 11.8 Å². The highest BCUT2D eigenvalue weighted by atomic mass is 32.2. The third-order valence-electron chi connectivity index (χ3n) is 1.78. The van der Waals surface area contributed by atoms with E-state index in [0.717, 1.165) is 18.6 Å². The van der Waals surface area contributed by atoms with Crippen molar-refractivity contribution in [2.45, 2.75) is 19.3 Å². The molecule has 0 spiro atoms. The van der Waals surface area contributed by atoms with Gasteiger partial charge in [-0.15, -0.1) is 0 Å². The molecule has 0 aliphatic rings. The third kappa shape index (κ3) is 5.43. The number of carbonyl (C=O) groups is 1. The molecule has 0 fully saturated rings. The van der Waals surface area contributed by atoms with Gasteiger partial charge in [-0.25, -0.2) is 0 Å². The molecule has 0 aromatic carbocycles. The van der Waals surface area contributed by atoms with Crippen LogP contribution in [-0.4, -0.2) is 29.6 Å². The maximum atomic E-state index is 10.7. The van der Waals surface area contributed by atoms with Gasteiger partial charge in [-0.3, -0.25) is 4.79 Å². The molecule has 0 aliphatic carbocycles. The molecule has 0 aromatic heterocycles. The normalized spacial score (nSPS) is 12.8. The second-order valence-electron chi connectivity index (χ2n) is 2.75. The van der Waals surface area contributed by atoms with Crippen LogP contribution in [-0.2, 0) is 4.79 Å². The topological polar surface area (TPSA) is 63.3 Å². The zero-order valence-corrected chi connectivity index (χ0v) is 8.27. The van der Waals surface area contributed by atoms with Gasteiger partial charge in [0.25, 0.3) is 0 Å². The van der Waals surface area contributed by atoms with Crippen molar-refractivity contribution in [3.05, 3.63) is 0 Å². The number of thioether (sulfide) groups is 1. The van der Waals surface area contributed by atoms with E-state index in [1.54, 1.807) is 11.8 Å². The van der Waals surface area contributed by atoms with Crippen LogP contribution in [0.3, 0.4) is 0 Å². The quantitative estimate of drug-likeness (QED) is 0.634. The molecule has 4 heteroatoms. The molecule has 3 nitrogen and oxygen atoms in total. The highest BCUT2D eigenvalue weighted by molar-refractivity contribution is 7.98. The van der Waals surface area contributed by atoms with Crippen LogP contribution in [0, 0.1) is 5.92 Å². The fourth-order valence-electron chi connectivity index (χ4n) is 1.02. The first-order valence-electron chi connectivity index (χ1n) is 4.14. The van der Waals surface area contributed by atoms with Gasteiger partial charge in [0.2, 0.25) is 0 Å². The summed E-state index contributed by atoms with van der Waals surface area (Å²) in [5, 5.41) is 8.78. The molecule has 0 bridgehead atoms.